The van der Waals surface area contributed by atoms with E-state index in [-0.39, 0.29) is 24.6 Å². The van der Waals surface area contributed by atoms with Crippen molar-refractivity contribution in [3.63, 3.8) is 0 Å². The quantitative estimate of drug-likeness (QED) is 0.628. The van der Waals surface area contributed by atoms with Crippen molar-refractivity contribution in [2.75, 3.05) is 18.5 Å². The molecular weight excluding hydrogens is 364 g/mol. The van der Waals surface area contributed by atoms with Crippen LogP contribution in [0.3, 0.4) is 0 Å². The molecule has 3 atom stereocenters. The lowest BCUT2D eigenvalue weighted by atomic mass is 9.82. The number of hydrogen-bond donors (Lipinski definition) is 1. The predicted octanol–water partition coefficient (Wildman–Crippen LogP) is 3.54. The molecule has 6 nitrogen and oxygen atoms in total. The van der Waals surface area contributed by atoms with Gasteiger partial charge in [-0.1, -0.05) is 35.6 Å². The van der Waals surface area contributed by atoms with Crippen LogP contribution in [0.4, 0.5) is 5.13 Å². The predicted molar refractivity (Wildman–Crippen MR) is 104 cm³/mol. The zero-order valence-corrected chi connectivity index (χ0v) is 15.7. The summed E-state index contributed by atoms with van der Waals surface area (Å²) in [5.41, 5.74) is 0.855. The first-order chi connectivity index (χ1) is 13.2. The van der Waals surface area contributed by atoms with Gasteiger partial charge < -0.3 is 14.8 Å². The van der Waals surface area contributed by atoms with E-state index in [9.17, 15) is 9.59 Å². The lowest BCUT2D eigenvalue weighted by Gasteiger charge is -2.26. The van der Waals surface area contributed by atoms with E-state index in [1.54, 1.807) is 0 Å². The van der Waals surface area contributed by atoms with Gasteiger partial charge in [-0.2, -0.15) is 0 Å². The first kappa shape index (κ1) is 18.1. The van der Waals surface area contributed by atoms with Crippen molar-refractivity contribution in [1.29, 1.82) is 0 Å². The highest BCUT2D eigenvalue weighted by Gasteiger charge is 2.36. The van der Waals surface area contributed by atoms with Crippen LogP contribution in [0, 0.1) is 11.8 Å². The number of carbonyl (C=O) groups excluding carboxylic acids is 2. The summed E-state index contributed by atoms with van der Waals surface area (Å²) in [6.07, 6.45) is 6.84. The van der Waals surface area contributed by atoms with Gasteiger partial charge in [0.2, 0.25) is 5.91 Å². The highest BCUT2D eigenvalue weighted by Crippen LogP contribution is 2.30. The number of amides is 1. The Kier molecular flexibility index (Phi) is 5.50. The third-order valence-electron chi connectivity index (χ3n) is 5.03. The number of carbonyl (C=O) groups is 2. The number of hydrogen-bond acceptors (Lipinski definition) is 6. The number of fused-ring (bicyclic) bond motifs is 1. The molecule has 1 aromatic carbocycles. The Bertz CT molecular complexity index is 824. The molecule has 0 unspecified atom stereocenters. The van der Waals surface area contributed by atoms with E-state index in [0.717, 1.165) is 29.7 Å². The Morgan fingerprint density at radius 1 is 1.22 bits per heavy atom. The molecule has 2 aliphatic rings. The van der Waals surface area contributed by atoms with Crippen molar-refractivity contribution in [1.82, 2.24) is 4.98 Å². The summed E-state index contributed by atoms with van der Waals surface area (Å²) in [6, 6.07) is 7.74. The summed E-state index contributed by atoms with van der Waals surface area (Å²) >= 11 is 1.43. The molecule has 1 aliphatic heterocycles. The van der Waals surface area contributed by atoms with Gasteiger partial charge in [0.25, 0.3) is 0 Å². The molecule has 27 heavy (non-hydrogen) atoms. The number of nitrogens with one attached hydrogen (secondary N) is 1. The standard InChI is InChI=1S/C20H22N2O4S/c23-18(22-20-21-16-9-3-4-10-17(16)27-20)14-7-1-2-8-15(14)19(24)26-12-13-6-5-11-25-13/h1-4,9-10,13-15H,5-8,11-12H2,(H,21,22,23)/t13-,14+,15+/m0/s1. The molecule has 1 saturated heterocycles. The second-order valence-corrected chi connectivity index (χ2v) is 7.93. The first-order valence-electron chi connectivity index (χ1n) is 9.30. The van der Waals surface area contributed by atoms with E-state index in [1.807, 2.05) is 36.4 Å². The monoisotopic (exact) mass is 386 g/mol. The molecule has 0 radical (unpaired) electrons. The smallest absolute Gasteiger partial charge is 0.310 e. The summed E-state index contributed by atoms with van der Waals surface area (Å²) in [7, 11) is 0. The van der Waals surface area contributed by atoms with Crippen molar-refractivity contribution < 1.29 is 19.1 Å². The molecule has 2 aromatic rings. The summed E-state index contributed by atoms with van der Waals surface area (Å²) < 4.78 is 12.0. The van der Waals surface area contributed by atoms with Crippen molar-refractivity contribution in [3.8, 4) is 0 Å². The Labute approximate surface area is 161 Å². The fraction of sp³-hybridized carbons (Fsp3) is 0.450. The number of anilines is 1. The van der Waals surface area contributed by atoms with Crippen LogP contribution < -0.4 is 5.32 Å². The lowest BCUT2D eigenvalue weighted by molar-refractivity contribution is -0.155. The molecule has 0 spiro atoms. The van der Waals surface area contributed by atoms with Crippen LogP contribution in [0.5, 0.6) is 0 Å². The second-order valence-electron chi connectivity index (χ2n) is 6.90. The molecule has 1 amide bonds. The number of allylic oxidation sites excluding steroid dienone is 2. The number of esters is 1. The Hall–Kier alpha value is -2.25. The van der Waals surface area contributed by atoms with Crippen LogP contribution in [-0.4, -0.2) is 36.2 Å². The summed E-state index contributed by atoms with van der Waals surface area (Å²) in [5, 5.41) is 3.44. The van der Waals surface area contributed by atoms with Gasteiger partial charge in [0.1, 0.15) is 6.61 Å². The number of rotatable bonds is 5. The number of para-hydroxylation sites is 1. The van der Waals surface area contributed by atoms with E-state index < -0.39 is 11.8 Å². The lowest BCUT2D eigenvalue weighted by Crippen LogP contribution is -2.36. The molecule has 4 rings (SSSR count). The first-order valence-corrected chi connectivity index (χ1v) is 10.1. The Morgan fingerprint density at radius 2 is 2.04 bits per heavy atom. The highest BCUT2D eigenvalue weighted by molar-refractivity contribution is 7.22. The normalized spacial score (nSPS) is 24.8. The summed E-state index contributed by atoms with van der Waals surface area (Å²) in [5.74, 6) is -1.42. The number of aromatic nitrogens is 1. The molecule has 7 heteroatoms. The average molecular weight is 386 g/mol. The molecule has 142 valence electrons. The minimum absolute atomic E-state index is 0.0110. The Balaban J connectivity index is 1.40. The fourth-order valence-corrected chi connectivity index (χ4v) is 4.41. The molecule has 1 aliphatic carbocycles. The van der Waals surface area contributed by atoms with Crippen molar-refractivity contribution in [2.45, 2.75) is 31.8 Å². The third kappa shape index (κ3) is 4.20. The van der Waals surface area contributed by atoms with Gasteiger partial charge in [0, 0.05) is 6.61 Å². The maximum absolute atomic E-state index is 12.8. The van der Waals surface area contributed by atoms with Gasteiger partial charge in [-0.05, 0) is 37.8 Å². The van der Waals surface area contributed by atoms with Crippen LogP contribution >= 0.6 is 11.3 Å². The second kappa shape index (κ2) is 8.19. The van der Waals surface area contributed by atoms with E-state index >= 15 is 0 Å². The van der Waals surface area contributed by atoms with Crippen molar-refractivity contribution in [2.24, 2.45) is 11.8 Å². The van der Waals surface area contributed by atoms with Crippen LogP contribution in [0.2, 0.25) is 0 Å². The van der Waals surface area contributed by atoms with Crippen LogP contribution in [-0.2, 0) is 19.1 Å². The number of benzene rings is 1. The fourth-order valence-electron chi connectivity index (χ4n) is 3.55. The largest absolute Gasteiger partial charge is 0.463 e. The average Bonchev–Trinajstić information content (AvgIpc) is 3.35. The van der Waals surface area contributed by atoms with Crippen molar-refractivity contribution in [3.05, 3.63) is 36.4 Å². The van der Waals surface area contributed by atoms with Gasteiger partial charge in [-0.25, -0.2) is 4.98 Å². The number of thiazole rings is 1. The Morgan fingerprint density at radius 3 is 2.81 bits per heavy atom. The van der Waals surface area contributed by atoms with E-state index in [1.165, 1.54) is 11.3 Å². The van der Waals surface area contributed by atoms with Crippen LogP contribution in [0.1, 0.15) is 25.7 Å². The molecule has 2 heterocycles. The third-order valence-corrected chi connectivity index (χ3v) is 5.98. The van der Waals surface area contributed by atoms with Crippen molar-refractivity contribution >= 4 is 38.6 Å². The minimum Gasteiger partial charge on any atom is -0.463 e. The van der Waals surface area contributed by atoms with Gasteiger partial charge in [-0.15, -0.1) is 0 Å². The zero-order chi connectivity index (χ0) is 18.6. The van der Waals surface area contributed by atoms with E-state index in [0.29, 0.717) is 18.0 Å². The highest BCUT2D eigenvalue weighted by atomic mass is 32.1. The topological polar surface area (TPSA) is 77.5 Å². The van der Waals surface area contributed by atoms with E-state index in [2.05, 4.69) is 10.3 Å². The number of nitrogens with zero attached hydrogens (tertiary/aromatic N) is 1. The summed E-state index contributed by atoms with van der Waals surface area (Å²) in [6.45, 7) is 0.993. The molecule has 1 fully saturated rings. The maximum Gasteiger partial charge on any atom is 0.310 e. The minimum atomic E-state index is -0.467. The van der Waals surface area contributed by atoms with Gasteiger partial charge in [0.15, 0.2) is 5.13 Å². The molecule has 0 saturated carbocycles. The van der Waals surface area contributed by atoms with Gasteiger partial charge in [0.05, 0.1) is 28.2 Å². The van der Waals surface area contributed by atoms with E-state index in [4.69, 9.17) is 9.47 Å². The van der Waals surface area contributed by atoms with Crippen LogP contribution in [0.25, 0.3) is 10.2 Å². The molecular formula is C20H22N2O4S. The number of ether oxygens (including phenoxy) is 2. The maximum atomic E-state index is 12.8. The zero-order valence-electron chi connectivity index (χ0n) is 14.9. The molecule has 1 N–H and O–H groups in total. The molecule has 1 aromatic heterocycles. The van der Waals surface area contributed by atoms with Gasteiger partial charge >= 0.3 is 5.97 Å². The molecule has 0 bridgehead atoms. The SMILES string of the molecule is O=C(Nc1nc2ccccc2s1)[C@@H]1CC=CC[C@H]1C(=O)OC[C@@H]1CCCO1. The van der Waals surface area contributed by atoms with Crippen LogP contribution in [0.15, 0.2) is 36.4 Å². The summed E-state index contributed by atoms with van der Waals surface area (Å²) in [4.78, 5) is 29.8. The van der Waals surface area contributed by atoms with Gasteiger partial charge in [-0.3, -0.25) is 9.59 Å².